The fraction of sp³-hybridized carbons (Fsp3) is 0.417. The van der Waals surface area contributed by atoms with Gasteiger partial charge in [0.15, 0.2) is 0 Å². The van der Waals surface area contributed by atoms with E-state index in [0.29, 0.717) is 13.0 Å². The Balaban J connectivity index is 0.00000256. The van der Waals surface area contributed by atoms with Gasteiger partial charge in [-0.25, -0.2) is 0 Å². The average molecular weight is 323 g/mol. The number of rotatable bonds is 5. The molecule has 0 bridgehead atoms. The second-order valence-corrected chi connectivity index (χ2v) is 4.52. The van der Waals surface area contributed by atoms with Gasteiger partial charge in [-0.1, -0.05) is 28.1 Å². The maximum atomic E-state index is 11.2. The highest BCUT2D eigenvalue weighted by atomic mass is 79.9. The van der Waals surface area contributed by atoms with Crippen LogP contribution in [-0.2, 0) is 16.0 Å². The van der Waals surface area contributed by atoms with E-state index in [1.807, 2.05) is 24.3 Å². The van der Waals surface area contributed by atoms with Crippen LogP contribution in [0.25, 0.3) is 0 Å². The minimum Gasteiger partial charge on any atom is -0.466 e. The molecule has 0 fully saturated rings. The lowest BCUT2D eigenvalue weighted by Gasteiger charge is -2.10. The first-order valence-corrected chi connectivity index (χ1v) is 6.06. The maximum absolute atomic E-state index is 11.2. The highest BCUT2D eigenvalue weighted by Gasteiger charge is 2.10. The van der Waals surface area contributed by atoms with Crippen LogP contribution in [0.1, 0.15) is 18.9 Å². The Bertz CT molecular complexity index is 343. The first kappa shape index (κ1) is 16.4. The molecule has 0 aliphatic heterocycles. The number of halogens is 2. The Morgan fingerprint density at radius 1 is 1.41 bits per heavy atom. The average Bonchev–Trinajstić information content (AvgIpc) is 2.21. The minimum atomic E-state index is -0.230. The van der Waals surface area contributed by atoms with Gasteiger partial charge in [0.25, 0.3) is 0 Å². The fourth-order valence-electron chi connectivity index (χ4n) is 1.43. The van der Waals surface area contributed by atoms with Crippen molar-refractivity contribution in [3.05, 3.63) is 34.3 Å². The smallest absolute Gasteiger partial charge is 0.307 e. The summed E-state index contributed by atoms with van der Waals surface area (Å²) in [6.45, 7) is 2.20. The van der Waals surface area contributed by atoms with E-state index in [2.05, 4.69) is 15.9 Å². The molecule has 0 amide bonds. The maximum Gasteiger partial charge on any atom is 0.307 e. The summed E-state index contributed by atoms with van der Waals surface area (Å²) in [7, 11) is 0. The molecule has 0 aliphatic carbocycles. The number of nitrogens with two attached hydrogens (primary N) is 1. The highest BCUT2D eigenvalue weighted by molar-refractivity contribution is 9.10. The Labute approximate surface area is 116 Å². The van der Waals surface area contributed by atoms with E-state index < -0.39 is 0 Å². The van der Waals surface area contributed by atoms with Crippen LogP contribution in [0.2, 0.25) is 0 Å². The standard InChI is InChI=1S/C12H16BrNO2.ClH/c1-2-16-12(15)8-11(14)7-9-3-5-10(13)6-4-9;/h3-6,11H,2,7-8,14H2,1H3;1H/t11-;/m1./s1. The van der Waals surface area contributed by atoms with Crippen molar-refractivity contribution in [2.45, 2.75) is 25.8 Å². The van der Waals surface area contributed by atoms with E-state index in [1.165, 1.54) is 0 Å². The van der Waals surface area contributed by atoms with E-state index in [9.17, 15) is 4.79 Å². The lowest BCUT2D eigenvalue weighted by molar-refractivity contribution is -0.143. The Hall–Kier alpha value is -0.580. The molecular weight excluding hydrogens is 305 g/mol. The van der Waals surface area contributed by atoms with Gasteiger partial charge in [-0.05, 0) is 31.0 Å². The Kier molecular flexibility index (Phi) is 8.21. The number of esters is 1. The van der Waals surface area contributed by atoms with E-state index >= 15 is 0 Å². The zero-order valence-corrected chi connectivity index (χ0v) is 12.1. The fourth-order valence-corrected chi connectivity index (χ4v) is 1.69. The summed E-state index contributed by atoms with van der Waals surface area (Å²) >= 11 is 3.37. The molecule has 0 saturated carbocycles. The first-order chi connectivity index (χ1) is 7.61. The molecule has 0 aliphatic rings. The van der Waals surface area contributed by atoms with Gasteiger partial charge < -0.3 is 10.5 Å². The zero-order valence-electron chi connectivity index (χ0n) is 9.69. The second-order valence-electron chi connectivity index (χ2n) is 3.60. The molecule has 0 spiro atoms. The molecule has 0 heterocycles. The quantitative estimate of drug-likeness (QED) is 0.848. The first-order valence-electron chi connectivity index (χ1n) is 5.27. The van der Waals surface area contributed by atoms with Crippen LogP contribution in [0.3, 0.4) is 0 Å². The van der Waals surface area contributed by atoms with Crippen molar-refractivity contribution < 1.29 is 9.53 Å². The van der Waals surface area contributed by atoms with E-state index in [0.717, 1.165) is 10.0 Å². The van der Waals surface area contributed by atoms with Crippen molar-refractivity contribution >= 4 is 34.3 Å². The van der Waals surface area contributed by atoms with Crippen LogP contribution in [0.5, 0.6) is 0 Å². The topological polar surface area (TPSA) is 52.3 Å². The van der Waals surface area contributed by atoms with Crippen LogP contribution >= 0.6 is 28.3 Å². The second kappa shape index (κ2) is 8.50. The summed E-state index contributed by atoms with van der Waals surface area (Å²) in [6.07, 6.45) is 0.954. The van der Waals surface area contributed by atoms with Gasteiger partial charge in [-0.2, -0.15) is 0 Å². The molecular formula is C12H17BrClNO2. The third-order valence-electron chi connectivity index (χ3n) is 2.15. The molecule has 1 rings (SSSR count). The third-order valence-corrected chi connectivity index (χ3v) is 2.67. The van der Waals surface area contributed by atoms with Gasteiger partial charge in [0.05, 0.1) is 13.0 Å². The SMILES string of the molecule is CCOC(=O)C[C@H](N)Cc1ccc(Br)cc1.Cl. The molecule has 3 nitrogen and oxygen atoms in total. The van der Waals surface area contributed by atoms with Crippen molar-refractivity contribution in [2.75, 3.05) is 6.61 Å². The number of carbonyl (C=O) groups excluding carboxylic acids is 1. The third kappa shape index (κ3) is 6.66. The normalized spacial score (nSPS) is 11.5. The van der Waals surface area contributed by atoms with Crippen molar-refractivity contribution in [1.29, 1.82) is 0 Å². The van der Waals surface area contributed by atoms with Gasteiger partial charge in [-0.15, -0.1) is 12.4 Å². The predicted molar refractivity (Wildman–Crippen MR) is 74.3 cm³/mol. The molecule has 0 saturated heterocycles. The van der Waals surface area contributed by atoms with E-state index in [-0.39, 0.29) is 30.8 Å². The van der Waals surface area contributed by atoms with Gasteiger partial charge in [-0.3, -0.25) is 4.79 Å². The van der Waals surface area contributed by atoms with Crippen LogP contribution in [0, 0.1) is 0 Å². The van der Waals surface area contributed by atoms with Crippen LogP contribution in [-0.4, -0.2) is 18.6 Å². The number of hydrogen-bond acceptors (Lipinski definition) is 3. The van der Waals surface area contributed by atoms with Crippen molar-refractivity contribution in [3.63, 3.8) is 0 Å². The van der Waals surface area contributed by atoms with Crippen molar-refractivity contribution in [1.82, 2.24) is 0 Å². The van der Waals surface area contributed by atoms with Crippen LogP contribution in [0.15, 0.2) is 28.7 Å². The van der Waals surface area contributed by atoms with Crippen LogP contribution < -0.4 is 5.73 Å². The Morgan fingerprint density at radius 3 is 2.53 bits per heavy atom. The number of benzene rings is 1. The molecule has 5 heteroatoms. The summed E-state index contributed by atoms with van der Waals surface area (Å²) in [5.41, 5.74) is 6.99. The lowest BCUT2D eigenvalue weighted by Crippen LogP contribution is -2.27. The van der Waals surface area contributed by atoms with E-state index in [1.54, 1.807) is 6.92 Å². The summed E-state index contributed by atoms with van der Waals surface area (Å²) in [5.74, 6) is -0.230. The van der Waals surface area contributed by atoms with Gasteiger partial charge in [0.2, 0.25) is 0 Å². The summed E-state index contributed by atoms with van der Waals surface area (Å²) in [6, 6.07) is 7.74. The molecule has 96 valence electrons. The summed E-state index contributed by atoms with van der Waals surface area (Å²) in [5, 5.41) is 0. The molecule has 1 atom stereocenters. The minimum absolute atomic E-state index is 0. The summed E-state index contributed by atoms with van der Waals surface area (Å²) in [4.78, 5) is 11.2. The molecule has 0 aromatic heterocycles. The molecule has 0 unspecified atom stereocenters. The Morgan fingerprint density at radius 2 is 2.00 bits per heavy atom. The number of carbonyl (C=O) groups is 1. The summed E-state index contributed by atoms with van der Waals surface area (Å²) < 4.78 is 5.88. The van der Waals surface area contributed by atoms with Gasteiger partial charge in [0, 0.05) is 10.5 Å². The number of hydrogen-bond donors (Lipinski definition) is 1. The van der Waals surface area contributed by atoms with Crippen LogP contribution in [0.4, 0.5) is 0 Å². The lowest BCUT2D eigenvalue weighted by atomic mass is 10.0. The van der Waals surface area contributed by atoms with Gasteiger partial charge >= 0.3 is 5.97 Å². The zero-order chi connectivity index (χ0) is 12.0. The van der Waals surface area contributed by atoms with Gasteiger partial charge in [0.1, 0.15) is 0 Å². The van der Waals surface area contributed by atoms with E-state index in [4.69, 9.17) is 10.5 Å². The largest absolute Gasteiger partial charge is 0.466 e. The van der Waals surface area contributed by atoms with Crippen molar-refractivity contribution in [2.24, 2.45) is 5.73 Å². The van der Waals surface area contributed by atoms with Crippen molar-refractivity contribution in [3.8, 4) is 0 Å². The predicted octanol–water partition coefficient (Wildman–Crippen LogP) is 2.69. The molecule has 1 aromatic carbocycles. The molecule has 1 aromatic rings. The molecule has 0 radical (unpaired) electrons. The molecule has 2 N–H and O–H groups in total. The molecule has 17 heavy (non-hydrogen) atoms. The number of ether oxygens (including phenoxy) is 1. The monoisotopic (exact) mass is 321 g/mol. The highest BCUT2D eigenvalue weighted by Crippen LogP contribution is 2.12.